The fraction of sp³-hybridized carbons (Fsp3) is 0.571. The topological polar surface area (TPSA) is 65.6 Å². The van der Waals surface area contributed by atoms with Crippen molar-refractivity contribution in [2.24, 2.45) is 17.3 Å². The van der Waals surface area contributed by atoms with E-state index < -0.39 is 5.41 Å². The number of benzene rings is 1. The molecule has 5 atom stereocenters. The van der Waals surface area contributed by atoms with E-state index in [2.05, 4.69) is 16.8 Å². The number of piperidine rings is 2. The Morgan fingerprint density at radius 1 is 1.46 bits per heavy atom. The second-order valence-electron chi connectivity index (χ2n) is 8.48. The minimum atomic E-state index is -0.454. The van der Waals surface area contributed by atoms with E-state index >= 15 is 0 Å². The van der Waals surface area contributed by atoms with Gasteiger partial charge in [0.15, 0.2) is 0 Å². The van der Waals surface area contributed by atoms with E-state index in [1.54, 1.807) is 12.1 Å². The Labute approximate surface area is 153 Å². The third kappa shape index (κ3) is 2.04. The number of carbonyl (C=O) groups excluding carboxylic acids is 1. The molecule has 0 radical (unpaired) electrons. The zero-order valence-electron chi connectivity index (χ0n) is 15.4. The van der Waals surface area contributed by atoms with Crippen molar-refractivity contribution in [1.82, 2.24) is 9.88 Å². The third-order valence-electron chi connectivity index (χ3n) is 7.14. The fourth-order valence-electron chi connectivity index (χ4n) is 6.32. The summed E-state index contributed by atoms with van der Waals surface area (Å²) in [7, 11) is 1.53. The van der Waals surface area contributed by atoms with Crippen LogP contribution in [0.1, 0.15) is 37.4 Å². The predicted molar refractivity (Wildman–Crippen MR) is 98.8 cm³/mol. The Hall–Kier alpha value is -2.01. The van der Waals surface area contributed by atoms with Crippen molar-refractivity contribution in [1.29, 1.82) is 0 Å². The molecule has 2 saturated heterocycles. The van der Waals surface area contributed by atoms with Crippen LogP contribution < -0.4 is 0 Å². The molecule has 1 aromatic heterocycles. The monoisotopic (exact) mass is 354 g/mol. The molecular formula is C21H26N2O3. The number of esters is 1. The van der Waals surface area contributed by atoms with Crippen LogP contribution in [0.15, 0.2) is 18.2 Å². The highest BCUT2D eigenvalue weighted by Gasteiger charge is 2.60. The lowest BCUT2D eigenvalue weighted by Gasteiger charge is -2.58. The van der Waals surface area contributed by atoms with E-state index in [4.69, 9.17) is 4.74 Å². The average Bonchev–Trinajstić information content (AvgIpc) is 2.91. The number of ether oxygens (including phenoxy) is 1. The van der Waals surface area contributed by atoms with Crippen molar-refractivity contribution in [3.05, 3.63) is 29.5 Å². The smallest absolute Gasteiger partial charge is 0.313 e. The van der Waals surface area contributed by atoms with Gasteiger partial charge >= 0.3 is 5.97 Å². The first-order valence-corrected chi connectivity index (χ1v) is 9.70. The van der Waals surface area contributed by atoms with E-state index in [1.165, 1.54) is 19.1 Å². The van der Waals surface area contributed by atoms with Crippen LogP contribution in [0.25, 0.3) is 10.9 Å². The molecule has 0 amide bonds. The molecule has 1 aliphatic carbocycles. The number of rotatable bonds is 2. The van der Waals surface area contributed by atoms with Crippen molar-refractivity contribution >= 4 is 16.9 Å². The first kappa shape index (κ1) is 16.2. The average molecular weight is 354 g/mol. The van der Waals surface area contributed by atoms with Crippen LogP contribution >= 0.6 is 0 Å². The summed E-state index contributed by atoms with van der Waals surface area (Å²) < 4.78 is 5.36. The SMILES string of the molecule is CC[C@H]1C[C@@H]2CN3Cc4c([nH]c5cc(O)ccc45)C[C@](C(=O)OC)(C2)C13. The molecule has 4 bridgehead atoms. The van der Waals surface area contributed by atoms with Gasteiger partial charge in [0.25, 0.3) is 0 Å². The lowest BCUT2D eigenvalue weighted by Crippen LogP contribution is -2.65. The Kier molecular flexibility index (Phi) is 3.42. The number of hydrogen-bond donors (Lipinski definition) is 2. The summed E-state index contributed by atoms with van der Waals surface area (Å²) in [6.45, 7) is 4.20. The summed E-state index contributed by atoms with van der Waals surface area (Å²) in [6.07, 6.45) is 3.98. The predicted octanol–water partition coefficient (Wildman–Crippen LogP) is 3.21. The zero-order valence-corrected chi connectivity index (χ0v) is 15.4. The van der Waals surface area contributed by atoms with Crippen LogP contribution in [0.5, 0.6) is 5.75 Å². The Bertz CT molecular complexity index is 889. The quantitative estimate of drug-likeness (QED) is 0.813. The zero-order chi connectivity index (χ0) is 18.1. The van der Waals surface area contributed by atoms with Gasteiger partial charge in [0.05, 0.1) is 12.5 Å². The van der Waals surface area contributed by atoms with E-state index in [0.717, 1.165) is 42.5 Å². The molecule has 5 heteroatoms. The molecule has 1 aromatic carbocycles. The summed E-state index contributed by atoms with van der Waals surface area (Å²) in [4.78, 5) is 19.1. The number of phenolic OH excluding ortho intramolecular Hbond substituents is 1. The van der Waals surface area contributed by atoms with Gasteiger partial charge in [0.1, 0.15) is 5.75 Å². The van der Waals surface area contributed by atoms with Crippen molar-refractivity contribution < 1.29 is 14.6 Å². The standard InChI is InChI=1S/C21H26N2O3/c1-3-13-6-12-8-21(20(25)26-2)9-18-16(11-23(10-12)19(13)21)15-5-4-14(24)7-17(15)22-18/h4-5,7,12-13,19,22,24H,3,6,8-11H2,1-2H3/t12-,13-,19?,21+/m0/s1. The van der Waals surface area contributed by atoms with Crippen LogP contribution in [0.4, 0.5) is 0 Å². The third-order valence-corrected chi connectivity index (χ3v) is 7.14. The molecule has 3 aliphatic heterocycles. The van der Waals surface area contributed by atoms with E-state index in [1.807, 2.05) is 6.07 Å². The number of methoxy groups -OCH3 is 1. The number of phenols is 1. The van der Waals surface area contributed by atoms with E-state index in [9.17, 15) is 9.90 Å². The highest BCUT2D eigenvalue weighted by atomic mass is 16.5. The van der Waals surface area contributed by atoms with Gasteiger partial charge in [0, 0.05) is 48.2 Å². The van der Waals surface area contributed by atoms with Crippen LogP contribution in [-0.4, -0.2) is 40.7 Å². The lowest BCUT2D eigenvalue weighted by atomic mass is 9.56. The maximum atomic E-state index is 13.1. The molecule has 0 spiro atoms. The minimum absolute atomic E-state index is 0.0512. The number of aromatic hydroxyl groups is 1. The number of hydrogen-bond acceptors (Lipinski definition) is 4. The number of aromatic nitrogens is 1. The summed E-state index contributed by atoms with van der Waals surface area (Å²) in [6, 6.07) is 5.79. The first-order chi connectivity index (χ1) is 12.6. The normalized spacial score (nSPS) is 35.2. The molecule has 4 aliphatic rings. The highest BCUT2D eigenvalue weighted by molar-refractivity contribution is 5.87. The number of fused-ring (bicyclic) bond motifs is 4. The van der Waals surface area contributed by atoms with Gasteiger partial charge < -0.3 is 14.8 Å². The van der Waals surface area contributed by atoms with Crippen molar-refractivity contribution in [3.8, 4) is 5.75 Å². The molecule has 6 rings (SSSR count). The summed E-state index contributed by atoms with van der Waals surface area (Å²) in [5.41, 5.74) is 2.92. The molecule has 1 saturated carbocycles. The fourth-order valence-corrected chi connectivity index (χ4v) is 6.32. The largest absolute Gasteiger partial charge is 0.508 e. The molecule has 2 N–H and O–H groups in total. The second-order valence-corrected chi connectivity index (χ2v) is 8.48. The van der Waals surface area contributed by atoms with E-state index in [-0.39, 0.29) is 17.8 Å². The first-order valence-electron chi connectivity index (χ1n) is 9.70. The van der Waals surface area contributed by atoms with Gasteiger partial charge in [-0.25, -0.2) is 0 Å². The van der Waals surface area contributed by atoms with Crippen molar-refractivity contribution in [2.75, 3.05) is 13.7 Å². The molecule has 138 valence electrons. The Morgan fingerprint density at radius 2 is 2.31 bits per heavy atom. The summed E-state index contributed by atoms with van der Waals surface area (Å²) in [5.74, 6) is 1.34. The van der Waals surface area contributed by atoms with Crippen LogP contribution in [0.2, 0.25) is 0 Å². The summed E-state index contributed by atoms with van der Waals surface area (Å²) >= 11 is 0. The molecule has 5 nitrogen and oxygen atoms in total. The Morgan fingerprint density at radius 3 is 3.08 bits per heavy atom. The van der Waals surface area contributed by atoms with Crippen molar-refractivity contribution in [3.63, 3.8) is 0 Å². The van der Waals surface area contributed by atoms with Gasteiger partial charge in [-0.2, -0.15) is 0 Å². The number of nitrogens with one attached hydrogen (secondary N) is 1. The minimum Gasteiger partial charge on any atom is -0.508 e. The van der Waals surface area contributed by atoms with Gasteiger partial charge in [-0.15, -0.1) is 0 Å². The molecular weight excluding hydrogens is 328 g/mol. The van der Waals surface area contributed by atoms with Crippen LogP contribution in [0, 0.1) is 17.3 Å². The van der Waals surface area contributed by atoms with E-state index in [0.29, 0.717) is 18.3 Å². The summed E-state index contributed by atoms with van der Waals surface area (Å²) in [5, 5.41) is 11.0. The number of H-pyrrole nitrogens is 1. The van der Waals surface area contributed by atoms with Crippen LogP contribution in [0.3, 0.4) is 0 Å². The highest BCUT2D eigenvalue weighted by Crippen LogP contribution is 2.55. The molecule has 2 unspecified atom stereocenters. The molecule has 26 heavy (non-hydrogen) atoms. The maximum absolute atomic E-state index is 13.1. The number of aromatic amines is 1. The van der Waals surface area contributed by atoms with Gasteiger partial charge in [-0.1, -0.05) is 13.3 Å². The Balaban J connectivity index is 1.70. The number of nitrogens with zero attached hydrogens (tertiary/aromatic N) is 1. The molecule has 2 aromatic rings. The lowest BCUT2D eigenvalue weighted by molar-refractivity contribution is -0.175. The van der Waals surface area contributed by atoms with Crippen molar-refractivity contribution in [2.45, 2.75) is 45.2 Å². The second kappa shape index (κ2) is 5.49. The maximum Gasteiger partial charge on any atom is 0.313 e. The molecule has 3 fully saturated rings. The van der Waals surface area contributed by atoms with Crippen LogP contribution in [-0.2, 0) is 22.5 Å². The van der Waals surface area contributed by atoms with Gasteiger partial charge in [0.2, 0.25) is 0 Å². The van der Waals surface area contributed by atoms with Gasteiger partial charge in [-0.3, -0.25) is 9.69 Å². The number of carbonyl (C=O) groups is 1. The van der Waals surface area contributed by atoms with Gasteiger partial charge in [-0.05, 0) is 42.4 Å². The molecule has 4 heterocycles.